The van der Waals surface area contributed by atoms with E-state index in [1.807, 2.05) is 12.1 Å². The second-order valence-corrected chi connectivity index (χ2v) is 8.28. The number of benzene rings is 2. The highest BCUT2D eigenvalue weighted by molar-refractivity contribution is 6.44. The lowest BCUT2D eigenvalue weighted by molar-refractivity contribution is -0.378. The van der Waals surface area contributed by atoms with Crippen LogP contribution in [-0.4, -0.2) is 43.7 Å². The number of carbonyl (C=O) groups excluding carboxylic acids is 3. The third-order valence-corrected chi connectivity index (χ3v) is 6.27. The number of ether oxygens (including phenoxy) is 3. The number of nitrogens with zero attached hydrogens (tertiary/aromatic N) is 1. The molecule has 8 nitrogen and oxygen atoms in total. The molecule has 1 aliphatic rings. The van der Waals surface area contributed by atoms with Gasteiger partial charge < -0.3 is 19.1 Å². The van der Waals surface area contributed by atoms with Gasteiger partial charge in [-0.05, 0) is 48.9 Å². The topological polar surface area (TPSA) is 96.3 Å². The van der Waals surface area contributed by atoms with Crippen molar-refractivity contribution < 1.29 is 33.6 Å². The Kier molecular flexibility index (Phi) is 6.82. The molecule has 1 N–H and O–H groups in total. The number of H-pyrrole nitrogens is 1. The van der Waals surface area contributed by atoms with E-state index < -0.39 is 29.4 Å². The van der Waals surface area contributed by atoms with Gasteiger partial charge in [-0.15, -0.1) is 0 Å². The lowest BCUT2D eigenvalue weighted by Gasteiger charge is -2.28. The van der Waals surface area contributed by atoms with Crippen molar-refractivity contribution in [1.29, 1.82) is 0 Å². The van der Waals surface area contributed by atoms with Crippen LogP contribution in [0.3, 0.4) is 0 Å². The number of aromatic amines is 1. The van der Waals surface area contributed by atoms with Crippen LogP contribution in [0.5, 0.6) is 17.2 Å². The summed E-state index contributed by atoms with van der Waals surface area (Å²) in [5.74, 6) is -1.53. The number of ketones is 2. The fourth-order valence-electron chi connectivity index (χ4n) is 4.50. The number of aryl methyl sites for hydroxylation is 1. The highest BCUT2D eigenvalue weighted by Crippen LogP contribution is 2.43. The zero-order chi connectivity index (χ0) is 25.1. The molecule has 2 atom stereocenters. The molecule has 3 aromatic rings. The van der Waals surface area contributed by atoms with Crippen LogP contribution in [0.1, 0.15) is 33.1 Å². The fourth-order valence-corrected chi connectivity index (χ4v) is 4.50. The molecule has 4 rings (SSSR count). The molecule has 0 spiro atoms. The number of methoxy groups -OCH3 is 3. The highest BCUT2D eigenvalue weighted by atomic mass is 16.5. The van der Waals surface area contributed by atoms with Crippen LogP contribution in [0, 0.1) is 12.8 Å². The average molecular weight is 476 g/mol. The zero-order valence-electron chi connectivity index (χ0n) is 20.0. The standard InChI is InChI=1S/C27H26N2O6/c1-16-12-18(33-2)7-9-20(16)25(30)23-24(21-10-8-19(34-3)13-22(21)35-4)29(27(32)26(23)31)15-17-6-5-11-28-14-17/h5-14,23-24H,15H2,1-4H3/p+1. The average Bonchev–Trinajstić information content (AvgIpc) is 3.13. The summed E-state index contributed by atoms with van der Waals surface area (Å²) in [7, 11) is 4.58. The van der Waals surface area contributed by atoms with Crippen molar-refractivity contribution >= 4 is 17.5 Å². The summed E-state index contributed by atoms with van der Waals surface area (Å²) in [6.07, 6.45) is 3.51. The molecular weight excluding hydrogens is 448 g/mol. The lowest BCUT2D eigenvalue weighted by atomic mass is 9.84. The smallest absolute Gasteiger partial charge is 0.291 e. The monoisotopic (exact) mass is 475 g/mol. The van der Waals surface area contributed by atoms with Crippen LogP contribution in [-0.2, 0) is 16.1 Å². The predicted octanol–water partition coefficient (Wildman–Crippen LogP) is 2.99. The molecule has 1 aromatic heterocycles. The number of amides is 1. The van der Waals surface area contributed by atoms with Gasteiger partial charge in [0.2, 0.25) is 5.78 Å². The maximum Gasteiger partial charge on any atom is 0.291 e. The molecule has 1 saturated heterocycles. The minimum absolute atomic E-state index is 0.146. The summed E-state index contributed by atoms with van der Waals surface area (Å²) >= 11 is 0. The van der Waals surface area contributed by atoms with Crippen molar-refractivity contribution in [2.45, 2.75) is 19.5 Å². The quantitative estimate of drug-likeness (QED) is 0.282. The summed E-state index contributed by atoms with van der Waals surface area (Å²) in [5, 5.41) is 0. The normalized spacial score (nSPS) is 17.4. The first-order valence-corrected chi connectivity index (χ1v) is 11.1. The molecule has 2 aromatic carbocycles. The Morgan fingerprint density at radius 1 is 0.971 bits per heavy atom. The van der Waals surface area contributed by atoms with Gasteiger partial charge in [-0.25, -0.2) is 4.98 Å². The van der Waals surface area contributed by atoms with Crippen molar-refractivity contribution in [1.82, 2.24) is 4.90 Å². The molecule has 8 heteroatoms. The van der Waals surface area contributed by atoms with Crippen LogP contribution in [0.2, 0.25) is 0 Å². The first-order valence-electron chi connectivity index (χ1n) is 11.1. The Morgan fingerprint density at radius 3 is 2.31 bits per heavy atom. The molecule has 1 aliphatic heterocycles. The number of hydrogen-bond donors (Lipinski definition) is 0. The van der Waals surface area contributed by atoms with Crippen LogP contribution in [0.15, 0.2) is 60.9 Å². The number of hydrogen-bond acceptors (Lipinski definition) is 6. The molecule has 1 fully saturated rings. The molecule has 0 saturated carbocycles. The summed E-state index contributed by atoms with van der Waals surface area (Å²) in [6.45, 7) is 1.92. The van der Waals surface area contributed by atoms with Crippen molar-refractivity contribution in [2.75, 3.05) is 21.3 Å². The van der Waals surface area contributed by atoms with Gasteiger partial charge in [0.1, 0.15) is 23.2 Å². The van der Waals surface area contributed by atoms with E-state index in [2.05, 4.69) is 4.98 Å². The number of aromatic nitrogens is 1. The second-order valence-electron chi connectivity index (χ2n) is 8.28. The Balaban J connectivity index is 1.85. The summed E-state index contributed by atoms with van der Waals surface area (Å²) < 4.78 is 16.2. The summed E-state index contributed by atoms with van der Waals surface area (Å²) in [6, 6.07) is 13.0. The minimum atomic E-state index is -1.23. The van der Waals surface area contributed by atoms with Crippen LogP contribution >= 0.6 is 0 Å². The molecule has 180 valence electrons. The summed E-state index contributed by atoms with van der Waals surface area (Å²) in [4.78, 5) is 44.9. The molecule has 35 heavy (non-hydrogen) atoms. The number of Topliss-reactive ketones (excluding diaryl/α,β-unsaturated/α-hetero) is 2. The molecule has 0 bridgehead atoms. The Labute approximate surface area is 203 Å². The van der Waals surface area contributed by atoms with Crippen molar-refractivity contribution in [3.05, 3.63) is 83.2 Å². The van der Waals surface area contributed by atoms with E-state index >= 15 is 0 Å². The van der Waals surface area contributed by atoms with E-state index in [4.69, 9.17) is 14.2 Å². The first-order chi connectivity index (χ1) is 16.9. The van der Waals surface area contributed by atoms with E-state index in [1.54, 1.807) is 62.8 Å². The lowest BCUT2D eigenvalue weighted by Crippen LogP contribution is -2.31. The van der Waals surface area contributed by atoms with Gasteiger partial charge >= 0.3 is 0 Å². The van der Waals surface area contributed by atoms with Crippen molar-refractivity contribution in [3.8, 4) is 17.2 Å². The summed E-state index contributed by atoms with van der Waals surface area (Å²) in [5.41, 5.74) is 2.37. The molecule has 2 heterocycles. The van der Waals surface area contributed by atoms with Gasteiger partial charge in [-0.2, -0.15) is 0 Å². The van der Waals surface area contributed by atoms with E-state index in [1.165, 1.54) is 19.1 Å². The van der Waals surface area contributed by atoms with Gasteiger partial charge in [-0.3, -0.25) is 14.4 Å². The molecular formula is C27H27N2O6+. The molecule has 0 aliphatic carbocycles. The van der Waals surface area contributed by atoms with Crippen LogP contribution < -0.4 is 19.2 Å². The Hall–Kier alpha value is -4.20. The van der Waals surface area contributed by atoms with Gasteiger partial charge in [0.05, 0.1) is 33.9 Å². The van der Waals surface area contributed by atoms with E-state index in [9.17, 15) is 14.4 Å². The number of nitrogens with one attached hydrogen (secondary N) is 1. The molecule has 1 amide bonds. The van der Waals surface area contributed by atoms with Crippen molar-refractivity contribution in [3.63, 3.8) is 0 Å². The fraction of sp³-hybridized carbons (Fsp3) is 0.259. The van der Waals surface area contributed by atoms with Gasteiger partial charge in [-0.1, -0.05) is 0 Å². The Morgan fingerprint density at radius 2 is 1.69 bits per heavy atom. The third kappa shape index (κ3) is 4.47. The van der Waals surface area contributed by atoms with Gasteiger partial charge in [0, 0.05) is 28.8 Å². The van der Waals surface area contributed by atoms with Crippen LogP contribution in [0.4, 0.5) is 0 Å². The van der Waals surface area contributed by atoms with Gasteiger partial charge in [0.15, 0.2) is 18.2 Å². The maximum atomic E-state index is 13.8. The molecule has 0 radical (unpaired) electrons. The van der Waals surface area contributed by atoms with E-state index in [0.29, 0.717) is 33.9 Å². The Bertz CT molecular complexity index is 1270. The zero-order valence-corrected chi connectivity index (χ0v) is 20.0. The predicted molar refractivity (Wildman–Crippen MR) is 126 cm³/mol. The largest absolute Gasteiger partial charge is 0.497 e. The number of likely N-dealkylation sites (tertiary alicyclic amines) is 1. The molecule has 2 unspecified atom stereocenters. The second kappa shape index (κ2) is 9.97. The number of pyridine rings is 1. The highest BCUT2D eigenvalue weighted by Gasteiger charge is 2.52. The number of carbonyl (C=O) groups is 3. The van der Waals surface area contributed by atoms with Crippen LogP contribution in [0.25, 0.3) is 0 Å². The SMILES string of the molecule is COc1ccc(C(=O)C2C(=O)C(=O)N(Cc3ccc[nH+]c3)C2c2ccc(OC)cc2OC)c(C)c1. The van der Waals surface area contributed by atoms with Gasteiger partial charge in [0.25, 0.3) is 5.91 Å². The maximum absolute atomic E-state index is 13.8. The van der Waals surface area contributed by atoms with Crippen molar-refractivity contribution in [2.24, 2.45) is 5.92 Å². The third-order valence-electron chi connectivity index (χ3n) is 6.27. The minimum Gasteiger partial charge on any atom is -0.497 e. The first kappa shape index (κ1) is 23.9. The van der Waals surface area contributed by atoms with E-state index in [-0.39, 0.29) is 6.54 Å². The number of rotatable bonds is 8. The van der Waals surface area contributed by atoms with E-state index in [0.717, 1.165) is 5.56 Å².